The number of carbonyl (C=O) groups is 4. The Hall–Kier alpha value is -2.32. The molecular weight excluding hydrogens is 332 g/mol. The fourth-order valence-electron chi connectivity index (χ4n) is 1.31. The maximum Gasteiger partial charge on any atom is 0.408 e. The predicted octanol–water partition coefficient (Wildman–Crippen LogP) is 1.88. The Kier molecular flexibility index (Phi) is 6.60. The van der Waals surface area contributed by atoms with Crippen molar-refractivity contribution >= 4 is 24.1 Å². The lowest BCUT2D eigenvalue weighted by atomic mass is 10.2. The largest absolute Gasteiger partial charge is 0.444 e. The summed E-state index contributed by atoms with van der Waals surface area (Å²) in [6, 6.07) is -2.38. The first-order valence-electron chi connectivity index (χ1n) is 8.97. The number of hydrogen-bond acceptors (Lipinski definition) is 7. The molecule has 0 spiro atoms. The van der Waals surface area contributed by atoms with Gasteiger partial charge in [-0.2, -0.15) is 0 Å². The van der Waals surface area contributed by atoms with Crippen LogP contribution in [0.25, 0.3) is 0 Å². The minimum Gasteiger partial charge on any atom is -0.444 e. The number of ether oxygens (including phenoxy) is 3. The molecule has 0 fully saturated rings. The molecule has 144 valence electrons. The van der Waals surface area contributed by atoms with Crippen molar-refractivity contribution < 1.29 is 36.1 Å². The molecule has 25 heavy (non-hydrogen) atoms. The van der Waals surface area contributed by atoms with Gasteiger partial charge < -0.3 is 24.8 Å². The van der Waals surface area contributed by atoms with Gasteiger partial charge in [0, 0.05) is 2.74 Å². The van der Waals surface area contributed by atoms with E-state index < -0.39 is 47.4 Å². The molecule has 2 N–H and O–H groups in total. The third-order valence-electron chi connectivity index (χ3n) is 2.31. The molecule has 9 nitrogen and oxygen atoms in total. The molecule has 0 heterocycles. The molecule has 0 aliphatic rings. The summed E-state index contributed by atoms with van der Waals surface area (Å²) in [6.45, 7) is 8.34. The first-order valence-corrected chi connectivity index (χ1v) is 7.56. The van der Waals surface area contributed by atoms with Crippen LogP contribution in [0.15, 0.2) is 0 Å². The average molecular weight is 362 g/mol. The van der Waals surface area contributed by atoms with Crippen LogP contribution < -0.4 is 10.6 Å². The highest BCUT2D eigenvalue weighted by Gasteiger charge is 2.27. The summed E-state index contributed by atoms with van der Waals surface area (Å²) in [4.78, 5) is 47.1. The van der Waals surface area contributed by atoms with Crippen LogP contribution in [0.5, 0.6) is 0 Å². The van der Waals surface area contributed by atoms with Crippen molar-refractivity contribution in [2.75, 3.05) is 0 Å². The smallest absolute Gasteiger partial charge is 0.408 e. The van der Waals surface area contributed by atoms with Crippen molar-refractivity contribution in [1.82, 2.24) is 10.6 Å². The second-order valence-electron chi connectivity index (χ2n) is 6.77. The second kappa shape index (κ2) is 8.68. The van der Waals surface area contributed by atoms with E-state index in [1.54, 1.807) is 0 Å². The Balaban J connectivity index is 4.52. The number of amides is 2. The van der Waals surface area contributed by atoms with Gasteiger partial charge in [-0.05, 0) is 55.3 Å². The maximum absolute atomic E-state index is 11.9. The van der Waals surface area contributed by atoms with Gasteiger partial charge in [-0.15, -0.1) is 0 Å². The topological polar surface area (TPSA) is 120 Å². The SMILES string of the molecule is [2H]CC(C)(C)OC(=O)N[C@@H](C)C(=O)OC(=O)[C@H](C)NC(=O)OC(C)(C)C[2H]. The van der Waals surface area contributed by atoms with E-state index in [-0.39, 0.29) is 13.8 Å². The number of carbonyl (C=O) groups excluding carboxylic acids is 4. The molecule has 0 aromatic heterocycles. The van der Waals surface area contributed by atoms with E-state index in [2.05, 4.69) is 15.4 Å². The molecule has 0 aliphatic heterocycles. The van der Waals surface area contributed by atoms with Gasteiger partial charge in [-0.25, -0.2) is 19.2 Å². The molecule has 0 saturated heterocycles. The molecule has 0 aromatic rings. The van der Waals surface area contributed by atoms with Crippen molar-refractivity contribution in [1.29, 1.82) is 0 Å². The molecular formula is C16H28N2O7. The number of hydrogen-bond donors (Lipinski definition) is 2. The van der Waals surface area contributed by atoms with Gasteiger partial charge in [0.1, 0.15) is 23.3 Å². The highest BCUT2D eigenvalue weighted by molar-refractivity contribution is 5.93. The van der Waals surface area contributed by atoms with Crippen LogP contribution in [0.2, 0.25) is 0 Å². The summed E-state index contributed by atoms with van der Waals surface area (Å²) in [5.41, 5.74) is -2.07. The number of nitrogens with one attached hydrogen (secondary N) is 2. The number of alkyl carbamates (subject to hydrolysis) is 2. The van der Waals surface area contributed by atoms with E-state index in [9.17, 15) is 19.2 Å². The van der Waals surface area contributed by atoms with Crippen molar-refractivity contribution in [2.24, 2.45) is 0 Å². The number of rotatable bonds is 4. The molecule has 0 unspecified atom stereocenters. The zero-order valence-corrected chi connectivity index (χ0v) is 15.4. The molecule has 0 bridgehead atoms. The highest BCUT2D eigenvalue weighted by Crippen LogP contribution is 2.08. The molecule has 9 heteroatoms. The van der Waals surface area contributed by atoms with Crippen LogP contribution in [0.4, 0.5) is 9.59 Å². The Labute approximate surface area is 150 Å². The Morgan fingerprint density at radius 2 is 1.12 bits per heavy atom. The summed E-state index contributed by atoms with van der Waals surface area (Å²) in [6.07, 6.45) is -1.87. The fourth-order valence-corrected chi connectivity index (χ4v) is 1.31. The molecule has 0 aromatic carbocycles. The van der Waals surface area contributed by atoms with Crippen LogP contribution in [0.3, 0.4) is 0 Å². The third-order valence-corrected chi connectivity index (χ3v) is 2.31. The lowest BCUT2D eigenvalue weighted by Gasteiger charge is -2.22. The van der Waals surface area contributed by atoms with Gasteiger partial charge in [-0.3, -0.25) is 0 Å². The van der Waals surface area contributed by atoms with E-state index in [1.165, 1.54) is 41.5 Å². The molecule has 0 saturated carbocycles. The van der Waals surface area contributed by atoms with Crippen molar-refractivity contribution in [3.8, 4) is 0 Å². The quantitative estimate of drug-likeness (QED) is 0.445. The van der Waals surface area contributed by atoms with Crippen molar-refractivity contribution in [3.05, 3.63) is 0 Å². The molecule has 0 rings (SSSR count). The maximum atomic E-state index is 11.9. The van der Waals surface area contributed by atoms with Crippen LogP contribution >= 0.6 is 0 Å². The lowest BCUT2D eigenvalue weighted by molar-refractivity contribution is -0.162. The van der Waals surface area contributed by atoms with E-state index >= 15 is 0 Å². The van der Waals surface area contributed by atoms with Crippen molar-refractivity contribution in [3.63, 3.8) is 0 Å². The predicted molar refractivity (Wildman–Crippen MR) is 88.8 cm³/mol. The first kappa shape index (κ1) is 19.0. The lowest BCUT2D eigenvalue weighted by Crippen LogP contribution is -2.46. The normalized spacial score (nSPS) is 15.0. The summed E-state index contributed by atoms with van der Waals surface area (Å²) in [7, 11) is 0. The van der Waals surface area contributed by atoms with E-state index in [4.69, 9.17) is 12.2 Å². The first-order chi connectivity index (χ1) is 12.2. The second-order valence-corrected chi connectivity index (χ2v) is 6.77. The Morgan fingerprint density at radius 1 is 0.800 bits per heavy atom. The van der Waals surface area contributed by atoms with E-state index in [0.717, 1.165) is 0 Å². The zero-order chi connectivity index (χ0) is 21.4. The summed E-state index contributed by atoms with van der Waals surface area (Å²) >= 11 is 0. The zero-order valence-electron chi connectivity index (χ0n) is 17.4. The van der Waals surface area contributed by atoms with Crippen LogP contribution in [0.1, 0.15) is 58.1 Å². The van der Waals surface area contributed by atoms with Crippen molar-refractivity contribution in [2.45, 2.75) is 78.6 Å². The Morgan fingerprint density at radius 3 is 1.40 bits per heavy atom. The highest BCUT2D eigenvalue weighted by atomic mass is 16.6. The molecule has 0 radical (unpaired) electrons. The minimum absolute atomic E-state index is 0.173. The fraction of sp³-hybridized carbons (Fsp3) is 0.750. The molecule has 2 atom stereocenters. The average Bonchev–Trinajstić information content (AvgIpc) is 2.53. The summed E-state index contributed by atoms with van der Waals surface area (Å²) < 4.78 is 29.0. The number of esters is 2. The van der Waals surface area contributed by atoms with Gasteiger partial charge in [0.15, 0.2) is 0 Å². The van der Waals surface area contributed by atoms with E-state index in [1.807, 2.05) is 0 Å². The van der Waals surface area contributed by atoms with Gasteiger partial charge in [-0.1, -0.05) is 0 Å². The van der Waals surface area contributed by atoms with E-state index in [0.29, 0.717) is 0 Å². The molecule has 0 aliphatic carbocycles. The standard InChI is InChI=1S/C16H28N2O7/c1-9(17-13(21)24-15(3,4)5)11(19)23-12(20)10(2)18-14(22)25-16(6,7)8/h9-10H,1-8H3,(H,17,21)(H,18,22)/t9-,10-/m0/s1/i3D,6D. The third kappa shape index (κ3) is 11.0. The minimum atomic E-state index is -1.19. The van der Waals surface area contributed by atoms with Gasteiger partial charge in [0.05, 0.1) is 0 Å². The van der Waals surface area contributed by atoms with Gasteiger partial charge in [0.2, 0.25) is 0 Å². The summed E-state index contributed by atoms with van der Waals surface area (Å²) in [5, 5.41) is 4.38. The monoisotopic (exact) mass is 362 g/mol. The van der Waals surface area contributed by atoms with Gasteiger partial charge in [0.25, 0.3) is 0 Å². The Bertz CT molecular complexity index is 519. The van der Waals surface area contributed by atoms with Crippen LogP contribution in [0, 0.1) is 0 Å². The summed E-state index contributed by atoms with van der Waals surface area (Å²) in [5.74, 6) is -2.09. The molecule has 2 amide bonds. The van der Waals surface area contributed by atoms with Crippen LogP contribution in [-0.2, 0) is 23.8 Å². The van der Waals surface area contributed by atoms with Crippen LogP contribution in [-0.4, -0.2) is 47.4 Å². The van der Waals surface area contributed by atoms with Gasteiger partial charge >= 0.3 is 24.1 Å².